The molecule has 2 N–H and O–H groups in total. The van der Waals surface area contributed by atoms with Crippen LogP contribution in [-0.2, 0) is 23.1 Å². The van der Waals surface area contributed by atoms with Crippen molar-refractivity contribution in [3.8, 4) is 0 Å². The molecule has 1 atom stereocenters. The second-order valence-electron chi connectivity index (χ2n) is 6.69. The van der Waals surface area contributed by atoms with Crippen molar-refractivity contribution in [1.82, 2.24) is 25.4 Å². The van der Waals surface area contributed by atoms with Crippen molar-refractivity contribution in [2.75, 3.05) is 31.7 Å². The highest BCUT2D eigenvalue weighted by Crippen LogP contribution is 2.20. The van der Waals surface area contributed by atoms with Crippen LogP contribution in [0.1, 0.15) is 18.1 Å². The van der Waals surface area contributed by atoms with Gasteiger partial charge in [-0.2, -0.15) is 0 Å². The van der Waals surface area contributed by atoms with Gasteiger partial charge < -0.3 is 24.8 Å². The average Bonchev–Trinajstić information content (AvgIpc) is 3.23. The monoisotopic (exact) mass is 385 g/mol. The van der Waals surface area contributed by atoms with E-state index < -0.39 is 0 Å². The van der Waals surface area contributed by atoms with E-state index in [9.17, 15) is 4.79 Å². The van der Waals surface area contributed by atoms with Gasteiger partial charge in [0.15, 0.2) is 11.8 Å². The number of methoxy groups -OCH3 is 1. The van der Waals surface area contributed by atoms with Crippen LogP contribution in [0, 0.1) is 6.92 Å². The van der Waals surface area contributed by atoms with Gasteiger partial charge in [0.05, 0.1) is 12.6 Å². The number of nitrogens with zero attached hydrogens (tertiary/aromatic N) is 5. The Hall–Kier alpha value is -2.94. The van der Waals surface area contributed by atoms with Gasteiger partial charge in [0, 0.05) is 39.4 Å². The summed E-state index contributed by atoms with van der Waals surface area (Å²) in [6.07, 6.45) is 0.420. The van der Waals surface area contributed by atoms with E-state index in [4.69, 9.17) is 4.74 Å². The van der Waals surface area contributed by atoms with Gasteiger partial charge >= 0.3 is 0 Å². The number of carbonyl (C=O) groups excluding carboxylic acids is 1. The highest BCUT2D eigenvalue weighted by Gasteiger charge is 2.31. The molecule has 2 heterocycles. The third-order valence-electron chi connectivity index (χ3n) is 4.69. The van der Waals surface area contributed by atoms with Gasteiger partial charge in [-0.3, -0.25) is 4.79 Å². The largest absolute Gasteiger partial charge is 0.383 e. The molecule has 9 heteroatoms. The summed E-state index contributed by atoms with van der Waals surface area (Å²) < 4.78 is 7.01. The van der Waals surface area contributed by atoms with Gasteiger partial charge in [-0.1, -0.05) is 18.2 Å². The lowest BCUT2D eigenvalue weighted by molar-refractivity contribution is -0.117. The lowest BCUT2D eigenvalue weighted by Gasteiger charge is -2.19. The van der Waals surface area contributed by atoms with Crippen LogP contribution >= 0.6 is 0 Å². The zero-order chi connectivity index (χ0) is 19.9. The Kier molecular flexibility index (Phi) is 6.59. The van der Waals surface area contributed by atoms with Crippen LogP contribution in [0.2, 0.25) is 0 Å². The molecule has 1 aliphatic rings. The summed E-state index contributed by atoms with van der Waals surface area (Å²) in [7, 11) is 3.57. The van der Waals surface area contributed by atoms with Crippen molar-refractivity contribution in [2.24, 2.45) is 12.0 Å². The molecular formula is C19H27N7O2. The number of hydrogen-bond donors (Lipinski definition) is 2. The van der Waals surface area contributed by atoms with E-state index in [1.54, 1.807) is 12.0 Å². The molecule has 150 valence electrons. The van der Waals surface area contributed by atoms with E-state index in [1.165, 1.54) is 0 Å². The lowest BCUT2D eigenvalue weighted by Crippen LogP contribution is -2.45. The Balaban J connectivity index is 1.66. The number of nitrogens with one attached hydrogen (secondary N) is 2. The molecule has 1 saturated heterocycles. The van der Waals surface area contributed by atoms with Crippen LogP contribution in [0.25, 0.3) is 0 Å². The number of rotatable bonds is 7. The maximum atomic E-state index is 12.4. The predicted molar refractivity (Wildman–Crippen MR) is 107 cm³/mol. The summed E-state index contributed by atoms with van der Waals surface area (Å²) in [5.74, 6) is 2.35. The van der Waals surface area contributed by atoms with Gasteiger partial charge in [0.25, 0.3) is 0 Å². The first-order valence-electron chi connectivity index (χ1n) is 9.32. The number of benzene rings is 1. The lowest BCUT2D eigenvalue weighted by atomic mass is 10.2. The fraction of sp³-hybridized carbons (Fsp3) is 0.474. The number of hydrogen-bond acceptors (Lipinski definition) is 5. The minimum absolute atomic E-state index is 0.0252. The summed E-state index contributed by atoms with van der Waals surface area (Å²) in [5, 5.41) is 14.8. The van der Waals surface area contributed by atoms with Crippen LogP contribution in [0.5, 0.6) is 0 Å². The van der Waals surface area contributed by atoms with Crippen molar-refractivity contribution in [1.29, 1.82) is 0 Å². The maximum absolute atomic E-state index is 12.4. The van der Waals surface area contributed by atoms with E-state index in [2.05, 4.69) is 25.8 Å². The molecule has 0 bridgehead atoms. The molecule has 0 saturated carbocycles. The van der Waals surface area contributed by atoms with Crippen LogP contribution in [-0.4, -0.2) is 59.5 Å². The van der Waals surface area contributed by atoms with Gasteiger partial charge in [0.2, 0.25) is 5.91 Å². The standard InChI is InChI=1S/C19H27N7O2/c1-14-23-24-17(25(14)2)12-21-19(20-9-10-28-3)22-15-11-18(27)26(13-15)16-7-5-4-6-8-16/h4-8,15H,9-13H2,1-3H3,(H2,20,21,22). The minimum Gasteiger partial charge on any atom is -0.383 e. The third-order valence-corrected chi connectivity index (χ3v) is 4.69. The Morgan fingerprint density at radius 3 is 2.79 bits per heavy atom. The molecule has 2 aromatic rings. The Morgan fingerprint density at radius 1 is 1.32 bits per heavy atom. The zero-order valence-corrected chi connectivity index (χ0v) is 16.6. The maximum Gasteiger partial charge on any atom is 0.229 e. The van der Waals surface area contributed by atoms with Crippen molar-refractivity contribution in [3.05, 3.63) is 42.0 Å². The molecule has 1 aliphatic heterocycles. The van der Waals surface area contributed by atoms with Gasteiger partial charge in [-0.25, -0.2) is 4.99 Å². The normalized spacial score (nSPS) is 17.2. The fourth-order valence-corrected chi connectivity index (χ4v) is 3.02. The highest BCUT2D eigenvalue weighted by molar-refractivity contribution is 5.97. The van der Waals surface area contributed by atoms with E-state index in [0.29, 0.717) is 38.6 Å². The first kappa shape index (κ1) is 19.8. The Morgan fingerprint density at radius 2 is 2.11 bits per heavy atom. The van der Waals surface area contributed by atoms with Crippen LogP contribution in [0.3, 0.4) is 0 Å². The molecule has 1 amide bonds. The number of carbonyl (C=O) groups is 1. The number of ether oxygens (including phenoxy) is 1. The molecular weight excluding hydrogens is 358 g/mol. The van der Waals surface area contributed by atoms with Crippen molar-refractivity contribution < 1.29 is 9.53 Å². The number of aromatic nitrogens is 3. The van der Waals surface area contributed by atoms with Crippen molar-refractivity contribution in [2.45, 2.75) is 25.9 Å². The van der Waals surface area contributed by atoms with E-state index >= 15 is 0 Å². The van der Waals surface area contributed by atoms with Crippen LogP contribution in [0.4, 0.5) is 5.69 Å². The van der Waals surface area contributed by atoms with Gasteiger partial charge in [-0.15, -0.1) is 10.2 Å². The molecule has 1 aromatic heterocycles. The first-order valence-corrected chi connectivity index (χ1v) is 9.32. The first-order chi connectivity index (χ1) is 13.6. The number of aryl methyl sites for hydroxylation is 1. The van der Waals surface area contributed by atoms with Gasteiger partial charge in [-0.05, 0) is 19.1 Å². The zero-order valence-electron chi connectivity index (χ0n) is 16.6. The van der Waals surface area contributed by atoms with Crippen LogP contribution in [0.15, 0.2) is 35.3 Å². The fourth-order valence-electron chi connectivity index (χ4n) is 3.02. The summed E-state index contributed by atoms with van der Waals surface area (Å²) in [4.78, 5) is 18.9. The molecule has 0 radical (unpaired) electrons. The van der Waals surface area contributed by atoms with E-state index in [1.807, 2.05) is 48.9 Å². The number of aliphatic imine (C=N–C) groups is 1. The molecule has 0 aliphatic carbocycles. The predicted octanol–water partition coefficient (Wildman–Crippen LogP) is 0.611. The SMILES string of the molecule is COCCNC(=NCc1nnc(C)n1C)NC1CC(=O)N(c2ccccc2)C1. The second-order valence-corrected chi connectivity index (χ2v) is 6.69. The number of para-hydroxylation sites is 1. The molecule has 1 aromatic carbocycles. The third kappa shape index (κ3) is 4.86. The average molecular weight is 385 g/mol. The van der Waals surface area contributed by atoms with Crippen molar-refractivity contribution in [3.63, 3.8) is 0 Å². The minimum atomic E-state index is -0.0252. The molecule has 1 unspecified atom stereocenters. The van der Waals surface area contributed by atoms with Crippen molar-refractivity contribution >= 4 is 17.6 Å². The van der Waals surface area contributed by atoms with E-state index in [0.717, 1.165) is 17.3 Å². The molecule has 3 rings (SSSR count). The molecule has 1 fully saturated rings. The number of amides is 1. The Bertz CT molecular complexity index is 819. The molecule has 28 heavy (non-hydrogen) atoms. The number of guanidine groups is 1. The summed E-state index contributed by atoms with van der Waals surface area (Å²) in [6, 6.07) is 9.68. The van der Waals surface area contributed by atoms with Crippen LogP contribution < -0.4 is 15.5 Å². The quantitative estimate of drug-likeness (QED) is 0.412. The molecule has 9 nitrogen and oxygen atoms in total. The highest BCUT2D eigenvalue weighted by atomic mass is 16.5. The summed E-state index contributed by atoms with van der Waals surface area (Å²) >= 11 is 0. The smallest absolute Gasteiger partial charge is 0.229 e. The Labute approximate surface area is 164 Å². The topological polar surface area (TPSA) is 96.7 Å². The van der Waals surface area contributed by atoms with Gasteiger partial charge in [0.1, 0.15) is 12.4 Å². The number of anilines is 1. The van der Waals surface area contributed by atoms with E-state index in [-0.39, 0.29) is 11.9 Å². The summed E-state index contributed by atoms with van der Waals surface area (Å²) in [6.45, 7) is 4.06. The second kappa shape index (κ2) is 9.32. The summed E-state index contributed by atoms with van der Waals surface area (Å²) in [5.41, 5.74) is 0.914. The molecule has 0 spiro atoms.